The lowest BCUT2D eigenvalue weighted by Crippen LogP contribution is -2.46. The molecule has 0 unspecified atom stereocenters. The van der Waals surface area contributed by atoms with Gasteiger partial charge in [-0.15, -0.1) is 0 Å². The third-order valence-corrected chi connectivity index (χ3v) is 3.02. The molecule has 0 bridgehead atoms. The number of piperazine rings is 1. The largest absolute Gasteiger partial charge is 0.366 e. The molecule has 6 nitrogen and oxygen atoms in total. The number of pyridine rings is 1. The summed E-state index contributed by atoms with van der Waals surface area (Å²) in [7, 11) is 0. The van der Waals surface area contributed by atoms with Gasteiger partial charge in [0.2, 0.25) is 5.91 Å². The highest BCUT2D eigenvalue weighted by atomic mass is 16.1. The van der Waals surface area contributed by atoms with Crippen LogP contribution in [0.5, 0.6) is 0 Å². The summed E-state index contributed by atoms with van der Waals surface area (Å²) in [5.41, 5.74) is 5.58. The van der Waals surface area contributed by atoms with Gasteiger partial charge in [0.15, 0.2) is 0 Å². The number of primary amides is 1. The first kappa shape index (κ1) is 12.3. The zero-order chi connectivity index (χ0) is 13.0. The first-order chi connectivity index (χ1) is 8.70. The summed E-state index contributed by atoms with van der Waals surface area (Å²) in [5.74, 6) is 0.379. The number of anilines is 1. The van der Waals surface area contributed by atoms with Crippen molar-refractivity contribution in [1.29, 1.82) is 5.26 Å². The van der Waals surface area contributed by atoms with Gasteiger partial charge in [-0.3, -0.25) is 9.69 Å². The number of amides is 1. The van der Waals surface area contributed by atoms with Gasteiger partial charge < -0.3 is 10.6 Å². The van der Waals surface area contributed by atoms with E-state index in [1.54, 1.807) is 12.1 Å². The van der Waals surface area contributed by atoms with Crippen molar-refractivity contribution in [2.75, 3.05) is 37.6 Å². The molecule has 0 aromatic carbocycles. The van der Waals surface area contributed by atoms with Gasteiger partial charge in [-0.25, -0.2) is 4.98 Å². The molecule has 1 amide bonds. The number of nitrogens with zero attached hydrogens (tertiary/aromatic N) is 4. The minimum atomic E-state index is -0.465. The molecule has 2 rings (SSSR count). The van der Waals surface area contributed by atoms with Gasteiger partial charge in [-0.2, -0.15) is 5.26 Å². The summed E-state index contributed by atoms with van der Waals surface area (Å²) in [5, 5.41) is 8.62. The Labute approximate surface area is 106 Å². The lowest BCUT2D eigenvalue weighted by molar-refractivity contribution is 0.1000. The van der Waals surface area contributed by atoms with Crippen LogP contribution in [0.4, 0.5) is 5.82 Å². The number of carbonyl (C=O) groups excluding carboxylic acids is 1. The molecule has 1 aliphatic heterocycles. The Bertz CT molecular complexity index is 456. The van der Waals surface area contributed by atoms with E-state index in [-0.39, 0.29) is 0 Å². The van der Waals surface area contributed by atoms with Crippen LogP contribution in [0.15, 0.2) is 18.3 Å². The quantitative estimate of drug-likeness (QED) is 0.747. The van der Waals surface area contributed by atoms with Crippen molar-refractivity contribution < 1.29 is 4.79 Å². The minimum absolute atomic E-state index is 0.418. The van der Waals surface area contributed by atoms with Crippen LogP contribution in [0.1, 0.15) is 10.4 Å². The molecule has 18 heavy (non-hydrogen) atoms. The van der Waals surface area contributed by atoms with Gasteiger partial charge in [0.1, 0.15) is 5.82 Å². The first-order valence-corrected chi connectivity index (χ1v) is 5.81. The maximum Gasteiger partial charge on any atom is 0.250 e. The monoisotopic (exact) mass is 245 g/mol. The van der Waals surface area contributed by atoms with Crippen LogP contribution in [0.3, 0.4) is 0 Å². The highest BCUT2D eigenvalue weighted by Gasteiger charge is 2.17. The number of hydrogen-bond acceptors (Lipinski definition) is 5. The Morgan fingerprint density at radius 3 is 2.61 bits per heavy atom. The van der Waals surface area contributed by atoms with Crippen LogP contribution in [0, 0.1) is 11.3 Å². The summed E-state index contributed by atoms with van der Waals surface area (Å²) >= 11 is 0. The maximum absolute atomic E-state index is 10.9. The van der Waals surface area contributed by atoms with Crippen molar-refractivity contribution in [2.24, 2.45) is 5.73 Å². The molecule has 6 heteroatoms. The Morgan fingerprint density at radius 2 is 2.11 bits per heavy atom. The fourth-order valence-electron chi connectivity index (χ4n) is 1.95. The highest BCUT2D eigenvalue weighted by molar-refractivity contribution is 5.92. The molecule has 1 aromatic rings. The van der Waals surface area contributed by atoms with E-state index >= 15 is 0 Å². The molecule has 0 radical (unpaired) electrons. The normalized spacial score (nSPS) is 16.3. The molecule has 2 N–H and O–H groups in total. The summed E-state index contributed by atoms with van der Waals surface area (Å²) in [6, 6.07) is 5.64. The molecule has 94 valence electrons. The molecule has 1 aromatic heterocycles. The zero-order valence-corrected chi connectivity index (χ0v) is 10.0. The number of nitriles is 1. The predicted octanol–water partition coefficient (Wildman–Crippen LogP) is -0.174. The van der Waals surface area contributed by atoms with Gasteiger partial charge in [0.25, 0.3) is 0 Å². The molecular weight excluding hydrogens is 230 g/mol. The Kier molecular flexibility index (Phi) is 3.75. The summed E-state index contributed by atoms with van der Waals surface area (Å²) in [6.45, 7) is 3.86. The lowest BCUT2D eigenvalue weighted by Gasteiger charge is -2.34. The van der Waals surface area contributed by atoms with Crippen LogP contribution in [-0.4, -0.2) is 48.5 Å². The fraction of sp³-hybridized carbons (Fsp3) is 0.417. The smallest absolute Gasteiger partial charge is 0.250 e. The van der Waals surface area contributed by atoms with Crippen molar-refractivity contribution in [1.82, 2.24) is 9.88 Å². The maximum atomic E-state index is 10.9. The van der Waals surface area contributed by atoms with E-state index in [1.807, 2.05) is 0 Å². The molecule has 1 fully saturated rings. The third-order valence-electron chi connectivity index (χ3n) is 3.02. The van der Waals surface area contributed by atoms with E-state index in [0.717, 1.165) is 32.0 Å². The number of hydrogen-bond donors (Lipinski definition) is 1. The van der Waals surface area contributed by atoms with Gasteiger partial charge in [0.05, 0.1) is 18.2 Å². The Hall–Kier alpha value is -2.13. The third kappa shape index (κ3) is 2.76. The first-order valence-electron chi connectivity index (χ1n) is 5.81. The van der Waals surface area contributed by atoms with E-state index < -0.39 is 5.91 Å². The standard InChI is InChI=1S/C12H15N5O/c13-3-4-16-5-7-17(8-6-16)11-2-1-10(9-15-11)12(14)18/h1-2,9H,4-8H2,(H2,14,18). The second-order valence-electron chi connectivity index (χ2n) is 4.19. The van der Waals surface area contributed by atoms with Crippen molar-refractivity contribution in [3.63, 3.8) is 0 Å². The second kappa shape index (κ2) is 5.47. The van der Waals surface area contributed by atoms with E-state index in [2.05, 4.69) is 20.9 Å². The van der Waals surface area contributed by atoms with E-state index in [1.165, 1.54) is 6.20 Å². The van der Waals surface area contributed by atoms with Crippen LogP contribution < -0.4 is 10.6 Å². The van der Waals surface area contributed by atoms with Crippen molar-refractivity contribution >= 4 is 11.7 Å². The fourth-order valence-corrected chi connectivity index (χ4v) is 1.95. The lowest BCUT2D eigenvalue weighted by atomic mass is 10.2. The van der Waals surface area contributed by atoms with Crippen LogP contribution >= 0.6 is 0 Å². The topological polar surface area (TPSA) is 86.3 Å². The number of rotatable bonds is 3. The highest BCUT2D eigenvalue weighted by Crippen LogP contribution is 2.13. The van der Waals surface area contributed by atoms with E-state index in [9.17, 15) is 4.79 Å². The minimum Gasteiger partial charge on any atom is -0.366 e. The van der Waals surface area contributed by atoms with Crippen molar-refractivity contribution in [3.05, 3.63) is 23.9 Å². The molecule has 1 saturated heterocycles. The van der Waals surface area contributed by atoms with Gasteiger partial charge in [0, 0.05) is 32.4 Å². The summed E-state index contributed by atoms with van der Waals surface area (Å²) < 4.78 is 0. The van der Waals surface area contributed by atoms with Crippen molar-refractivity contribution in [3.8, 4) is 6.07 Å². The molecular formula is C12H15N5O. The molecule has 0 saturated carbocycles. The average Bonchev–Trinajstić information content (AvgIpc) is 2.40. The second-order valence-corrected chi connectivity index (χ2v) is 4.19. The molecule has 1 aliphatic rings. The van der Waals surface area contributed by atoms with Gasteiger partial charge in [-0.1, -0.05) is 0 Å². The van der Waals surface area contributed by atoms with E-state index in [4.69, 9.17) is 11.0 Å². The van der Waals surface area contributed by atoms with Crippen molar-refractivity contribution in [2.45, 2.75) is 0 Å². The van der Waals surface area contributed by atoms with Gasteiger partial charge >= 0.3 is 0 Å². The van der Waals surface area contributed by atoms with E-state index in [0.29, 0.717) is 12.1 Å². The number of carbonyl (C=O) groups is 1. The van der Waals surface area contributed by atoms with Gasteiger partial charge in [-0.05, 0) is 12.1 Å². The molecule has 2 heterocycles. The molecule has 0 aliphatic carbocycles. The SMILES string of the molecule is N#CCN1CCN(c2ccc(C(N)=O)cn2)CC1. The summed E-state index contributed by atoms with van der Waals surface area (Å²) in [6.07, 6.45) is 1.50. The zero-order valence-electron chi connectivity index (χ0n) is 10.0. The average molecular weight is 245 g/mol. The Balaban J connectivity index is 1.97. The van der Waals surface area contributed by atoms with Crippen LogP contribution in [0.25, 0.3) is 0 Å². The summed E-state index contributed by atoms with van der Waals surface area (Å²) in [4.78, 5) is 19.4. The molecule has 0 atom stereocenters. The van der Waals surface area contributed by atoms with Crippen LogP contribution in [0.2, 0.25) is 0 Å². The van der Waals surface area contributed by atoms with Crippen LogP contribution in [-0.2, 0) is 0 Å². The number of nitrogens with two attached hydrogens (primary N) is 1. The Morgan fingerprint density at radius 1 is 1.39 bits per heavy atom. The number of aromatic nitrogens is 1. The predicted molar refractivity (Wildman–Crippen MR) is 67.0 cm³/mol. The molecule has 0 spiro atoms.